The highest BCUT2D eigenvalue weighted by Crippen LogP contribution is 2.18. The van der Waals surface area contributed by atoms with Crippen molar-refractivity contribution in [2.45, 2.75) is 0 Å². The van der Waals surface area contributed by atoms with E-state index in [1.807, 2.05) is 0 Å². The van der Waals surface area contributed by atoms with Crippen LogP contribution in [0.15, 0.2) is 18.2 Å². The number of benzene rings is 1. The monoisotopic (exact) mass is 225 g/mol. The molecule has 0 fully saturated rings. The minimum atomic E-state index is -0.404. The van der Waals surface area contributed by atoms with Gasteiger partial charge in [0.1, 0.15) is 5.82 Å². The van der Waals surface area contributed by atoms with Crippen LogP contribution in [0.2, 0.25) is 0 Å². The van der Waals surface area contributed by atoms with E-state index in [9.17, 15) is 9.18 Å². The number of carbonyl (C=O) groups is 1. The van der Waals surface area contributed by atoms with Gasteiger partial charge in [-0.2, -0.15) is 0 Å². The normalized spacial score (nSPS) is 10.0. The summed E-state index contributed by atoms with van der Waals surface area (Å²) in [7, 11) is 5.07. The van der Waals surface area contributed by atoms with Crippen molar-refractivity contribution < 1.29 is 9.18 Å². The molecule has 16 heavy (non-hydrogen) atoms. The minimum Gasteiger partial charge on any atom is -0.399 e. The molecule has 0 spiro atoms. The molecule has 0 aromatic heterocycles. The number of amides is 1. The van der Waals surface area contributed by atoms with E-state index in [1.54, 1.807) is 32.1 Å². The first-order chi connectivity index (χ1) is 7.40. The Morgan fingerprint density at radius 3 is 2.44 bits per heavy atom. The summed E-state index contributed by atoms with van der Waals surface area (Å²) in [4.78, 5) is 14.6. The van der Waals surface area contributed by atoms with Gasteiger partial charge in [-0.15, -0.1) is 0 Å². The summed E-state index contributed by atoms with van der Waals surface area (Å²) in [6, 6.07) is 4.22. The summed E-state index contributed by atoms with van der Waals surface area (Å²) in [6.07, 6.45) is 0. The van der Waals surface area contributed by atoms with E-state index in [4.69, 9.17) is 5.73 Å². The highest BCUT2D eigenvalue weighted by atomic mass is 19.1. The van der Waals surface area contributed by atoms with Gasteiger partial charge in [0.2, 0.25) is 5.91 Å². The fourth-order valence-electron chi connectivity index (χ4n) is 1.25. The average Bonchev–Trinajstić information content (AvgIpc) is 2.15. The van der Waals surface area contributed by atoms with Crippen LogP contribution >= 0.6 is 0 Å². The molecule has 0 atom stereocenters. The first-order valence-corrected chi connectivity index (χ1v) is 4.87. The molecule has 0 radical (unpaired) electrons. The summed E-state index contributed by atoms with van der Waals surface area (Å²) < 4.78 is 13.1. The maximum Gasteiger partial charge on any atom is 0.241 e. The zero-order valence-corrected chi connectivity index (χ0v) is 9.70. The van der Waals surface area contributed by atoms with Crippen molar-refractivity contribution in [3.8, 4) is 0 Å². The van der Waals surface area contributed by atoms with Crippen LogP contribution in [0.1, 0.15) is 0 Å². The number of carbonyl (C=O) groups excluding carboxylic acids is 1. The molecule has 4 nitrogen and oxygen atoms in total. The Bertz CT molecular complexity index is 373. The number of likely N-dealkylation sites (N-methyl/N-ethyl adjacent to an activating group) is 2. The van der Waals surface area contributed by atoms with E-state index >= 15 is 0 Å². The van der Waals surface area contributed by atoms with Crippen LogP contribution in [-0.4, -0.2) is 38.5 Å². The molecule has 1 aromatic rings. The lowest BCUT2D eigenvalue weighted by Crippen LogP contribution is -2.34. The summed E-state index contributed by atoms with van der Waals surface area (Å²) in [5.74, 6) is -0.454. The zero-order valence-electron chi connectivity index (χ0n) is 9.70. The number of rotatable bonds is 3. The van der Waals surface area contributed by atoms with Gasteiger partial charge in [-0.1, -0.05) is 0 Å². The van der Waals surface area contributed by atoms with Crippen molar-refractivity contribution in [3.63, 3.8) is 0 Å². The molecular weight excluding hydrogens is 209 g/mol. The van der Waals surface area contributed by atoms with E-state index in [0.717, 1.165) is 0 Å². The van der Waals surface area contributed by atoms with Gasteiger partial charge in [0.25, 0.3) is 0 Å². The maximum atomic E-state index is 13.1. The Kier molecular flexibility index (Phi) is 3.71. The van der Waals surface area contributed by atoms with E-state index in [0.29, 0.717) is 11.4 Å². The van der Waals surface area contributed by atoms with Gasteiger partial charge in [0.15, 0.2) is 0 Å². The lowest BCUT2D eigenvalue weighted by Gasteiger charge is -2.21. The third kappa shape index (κ3) is 3.12. The predicted octanol–water partition coefficient (Wildman–Crippen LogP) is 0.932. The molecule has 1 amide bonds. The molecular formula is C11H16FN3O. The molecule has 0 unspecified atom stereocenters. The highest BCUT2D eigenvalue weighted by Gasteiger charge is 2.10. The number of anilines is 2. The summed E-state index contributed by atoms with van der Waals surface area (Å²) in [5.41, 5.74) is 6.46. The van der Waals surface area contributed by atoms with Gasteiger partial charge in [-0.25, -0.2) is 4.39 Å². The molecule has 0 saturated heterocycles. The van der Waals surface area contributed by atoms with Gasteiger partial charge < -0.3 is 15.5 Å². The third-order valence-electron chi connectivity index (χ3n) is 2.22. The summed E-state index contributed by atoms with van der Waals surface area (Å²) in [5, 5.41) is 0. The first kappa shape index (κ1) is 12.3. The molecule has 0 saturated carbocycles. The number of hydrogen-bond acceptors (Lipinski definition) is 3. The molecule has 1 aromatic carbocycles. The van der Waals surface area contributed by atoms with Crippen LogP contribution in [0.5, 0.6) is 0 Å². The molecule has 0 aliphatic carbocycles. The summed E-state index contributed by atoms with van der Waals surface area (Å²) >= 11 is 0. The Balaban J connectivity index is 2.80. The quantitative estimate of drug-likeness (QED) is 0.779. The lowest BCUT2D eigenvalue weighted by molar-refractivity contribution is -0.127. The van der Waals surface area contributed by atoms with Crippen molar-refractivity contribution in [2.75, 3.05) is 38.3 Å². The number of nitrogens with zero attached hydrogens (tertiary/aromatic N) is 2. The topological polar surface area (TPSA) is 49.6 Å². The second-order valence-corrected chi connectivity index (χ2v) is 3.89. The van der Waals surface area contributed by atoms with Crippen LogP contribution in [0.25, 0.3) is 0 Å². The smallest absolute Gasteiger partial charge is 0.241 e. The van der Waals surface area contributed by atoms with Gasteiger partial charge in [-0.3, -0.25) is 4.79 Å². The molecule has 5 heteroatoms. The first-order valence-electron chi connectivity index (χ1n) is 4.87. The second-order valence-electron chi connectivity index (χ2n) is 3.89. The molecule has 1 rings (SSSR count). The number of nitrogen functional groups attached to an aromatic ring is 1. The Morgan fingerprint density at radius 1 is 1.31 bits per heavy atom. The van der Waals surface area contributed by atoms with Crippen LogP contribution < -0.4 is 10.6 Å². The molecule has 0 heterocycles. The molecule has 0 aliphatic heterocycles. The van der Waals surface area contributed by atoms with E-state index in [-0.39, 0.29) is 12.5 Å². The van der Waals surface area contributed by atoms with Crippen LogP contribution in [-0.2, 0) is 4.79 Å². The van der Waals surface area contributed by atoms with Gasteiger partial charge in [-0.05, 0) is 18.2 Å². The van der Waals surface area contributed by atoms with Crippen LogP contribution in [0, 0.1) is 5.82 Å². The SMILES string of the molecule is CN(C)C(=O)CN(C)c1cc(N)cc(F)c1. The van der Waals surface area contributed by atoms with Crippen molar-refractivity contribution in [2.24, 2.45) is 0 Å². The number of nitrogens with two attached hydrogens (primary N) is 1. The Labute approximate surface area is 94.4 Å². The number of hydrogen-bond donors (Lipinski definition) is 1. The van der Waals surface area contributed by atoms with Gasteiger partial charge >= 0.3 is 0 Å². The fraction of sp³-hybridized carbons (Fsp3) is 0.364. The zero-order chi connectivity index (χ0) is 12.3. The Hall–Kier alpha value is -1.78. The Morgan fingerprint density at radius 2 is 1.94 bits per heavy atom. The molecule has 0 bridgehead atoms. The fourth-order valence-corrected chi connectivity index (χ4v) is 1.25. The second kappa shape index (κ2) is 4.83. The van der Waals surface area contributed by atoms with Crippen molar-refractivity contribution in [1.82, 2.24) is 4.90 Å². The highest BCUT2D eigenvalue weighted by molar-refractivity contribution is 5.81. The standard InChI is InChI=1S/C11H16FN3O/c1-14(2)11(16)7-15(3)10-5-8(12)4-9(13)6-10/h4-6H,7,13H2,1-3H3. The van der Waals surface area contributed by atoms with Crippen LogP contribution in [0.4, 0.5) is 15.8 Å². The van der Waals surface area contributed by atoms with Crippen LogP contribution in [0.3, 0.4) is 0 Å². The molecule has 0 aliphatic rings. The summed E-state index contributed by atoms with van der Waals surface area (Å²) in [6.45, 7) is 0.190. The largest absolute Gasteiger partial charge is 0.399 e. The van der Waals surface area contributed by atoms with E-state index in [2.05, 4.69) is 0 Å². The van der Waals surface area contributed by atoms with Crippen molar-refractivity contribution >= 4 is 17.3 Å². The van der Waals surface area contributed by atoms with Crippen molar-refractivity contribution in [1.29, 1.82) is 0 Å². The predicted molar refractivity (Wildman–Crippen MR) is 62.8 cm³/mol. The van der Waals surface area contributed by atoms with E-state index in [1.165, 1.54) is 17.0 Å². The van der Waals surface area contributed by atoms with Gasteiger partial charge in [0.05, 0.1) is 6.54 Å². The minimum absolute atomic E-state index is 0.0506. The maximum absolute atomic E-state index is 13.1. The van der Waals surface area contributed by atoms with Gasteiger partial charge in [0, 0.05) is 32.5 Å². The molecule has 2 N–H and O–H groups in total. The third-order valence-corrected chi connectivity index (χ3v) is 2.22. The number of halogens is 1. The lowest BCUT2D eigenvalue weighted by atomic mass is 10.2. The average molecular weight is 225 g/mol. The van der Waals surface area contributed by atoms with E-state index < -0.39 is 5.82 Å². The van der Waals surface area contributed by atoms with Crippen molar-refractivity contribution in [3.05, 3.63) is 24.0 Å². The molecule has 88 valence electrons.